The minimum Gasteiger partial charge on any atom is -0.480 e. The Hall–Kier alpha value is -4.34. The van der Waals surface area contributed by atoms with E-state index in [0.29, 0.717) is 29.8 Å². The molecule has 2 fully saturated rings. The van der Waals surface area contributed by atoms with Crippen LogP contribution in [0.3, 0.4) is 0 Å². The molecule has 2 aromatic carbocycles. The number of pyridine rings is 1. The lowest BCUT2D eigenvalue weighted by atomic mass is 9.85. The molecular formula is C39H47N5O4. The van der Waals surface area contributed by atoms with E-state index < -0.39 is 0 Å². The lowest BCUT2D eigenvalue weighted by molar-refractivity contribution is -0.119. The molecule has 3 heterocycles. The molecule has 1 aliphatic heterocycles. The fraction of sp³-hybridized carbons (Fsp3) is 0.436. The molecule has 6 rings (SSSR count). The van der Waals surface area contributed by atoms with E-state index in [-0.39, 0.29) is 41.9 Å². The van der Waals surface area contributed by atoms with Crippen molar-refractivity contribution in [3.63, 3.8) is 0 Å². The lowest BCUT2D eigenvalue weighted by Crippen LogP contribution is -2.36. The summed E-state index contributed by atoms with van der Waals surface area (Å²) in [4.78, 5) is 34.4. The number of rotatable bonds is 13. The Morgan fingerprint density at radius 3 is 2.40 bits per heavy atom. The van der Waals surface area contributed by atoms with Gasteiger partial charge in [-0.15, -0.1) is 0 Å². The number of amides is 1. The van der Waals surface area contributed by atoms with Gasteiger partial charge in [-0.25, -0.2) is 9.67 Å². The van der Waals surface area contributed by atoms with Crippen molar-refractivity contribution in [3.8, 4) is 22.8 Å². The third kappa shape index (κ3) is 7.69. The van der Waals surface area contributed by atoms with E-state index in [0.717, 1.165) is 62.3 Å². The summed E-state index contributed by atoms with van der Waals surface area (Å²) in [5.74, 6) is 0.771. The summed E-state index contributed by atoms with van der Waals surface area (Å²) in [6.45, 7) is 5.30. The van der Waals surface area contributed by atoms with Gasteiger partial charge < -0.3 is 19.7 Å². The molecule has 9 heteroatoms. The third-order valence-corrected chi connectivity index (χ3v) is 9.96. The van der Waals surface area contributed by atoms with Crippen molar-refractivity contribution in [2.75, 3.05) is 40.5 Å². The van der Waals surface area contributed by atoms with Gasteiger partial charge in [-0.05, 0) is 55.0 Å². The van der Waals surface area contributed by atoms with Crippen LogP contribution in [0.1, 0.15) is 71.6 Å². The fourth-order valence-corrected chi connectivity index (χ4v) is 7.41. The predicted octanol–water partition coefficient (Wildman–Crippen LogP) is 6.18. The molecule has 252 valence electrons. The number of Topliss-reactive ketones (excluding diaryl/α,β-unsaturated/α-hetero) is 1. The maximum Gasteiger partial charge on any atom is 0.257 e. The maximum absolute atomic E-state index is 14.0. The van der Waals surface area contributed by atoms with Crippen molar-refractivity contribution in [2.24, 2.45) is 5.92 Å². The van der Waals surface area contributed by atoms with Gasteiger partial charge in [0.2, 0.25) is 5.88 Å². The van der Waals surface area contributed by atoms with Gasteiger partial charge in [0.15, 0.2) is 0 Å². The zero-order chi connectivity index (χ0) is 33.5. The number of methoxy groups -OCH3 is 2. The van der Waals surface area contributed by atoms with Crippen LogP contribution in [0.2, 0.25) is 0 Å². The smallest absolute Gasteiger partial charge is 0.257 e. The summed E-state index contributed by atoms with van der Waals surface area (Å²) < 4.78 is 12.7. The van der Waals surface area contributed by atoms with Crippen LogP contribution in [0.5, 0.6) is 5.88 Å². The molecule has 9 nitrogen and oxygen atoms in total. The van der Waals surface area contributed by atoms with Crippen LogP contribution < -0.4 is 10.1 Å². The topological polar surface area (TPSA) is 98.6 Å². The molecule has 1 saturated carbocycles. The van der Waals surface area contributed by atoms with Crippen LogP contribution in [-0.2, 0) is 16.0 Å². The normalized spacial score (nSPS) is 18.6. The summed E-state index contributed by atoms with van der Waals surface area (Å²) >= 11 is 0. The monoisotopic (exact) mass is 649 g/mol. The van der Waals surface area contributed by atoms with Crippen molar-refractivity contribution in [3.05, 3.63) is 95.3 Å². The second-order valence-corrected chi connectivity index (χ2v) is 13.2. The average molecular weight is 650 g/mol. The number of carbonyl (C=O) groups excluding carboxylic acids is 2. The van der Waals surface area contributed by atoms with Crippen LogP contribution in [0.15, 0.2) is 72.9 Å². The van der Waals surface area contributed by atoms with Crippen molar-refractivity contribution < 1.29 is 19.1 Å². The first kappa shape index (κ1) is 33.6. The van der Waals surface area contributed by atoms with Gasteiger partial charge in [0.1, 0.15) is 11.3 Å². The zero-order valence-corrected chi connectivity index (χ0v) is 28.4. The van der Waals surface area contributed by atoms with Gasteiger partial charge in [0.25, 0.3) is 5.91 Å². The number of hydrogen-bond donors (Lipinski definition) is 1. The molecule has 1 N–H and O–H groups in total. The van der Waals surface area contributed by atoms with Gasteiger partial charge in [0.05, 0.1) is 30.8 Å². The molecule has 0 spiro atoms. The number of benzene rings is 2. The van der Waals surface area contributed by atoms with E-state index in [9.17, 15) is 9.59 Å². The largest absolute Gasteiger partial charge is 0.480 e. The van der Waals surface area contributed by atoms with E-state index in [2.05, 4.69) is 39.5 Å². The van der Waals surface area contributed by atoms with Crippen molar-refractivity contribution in [1.29, 1.82) is 0 Å². The summed E-state index contributed by atoms with van der Waals surface area (Å²) in [6.07, 6.45) is 7.85. The van der Waals surface area contributed by atoms with Gasteiger partial charge in [-0.2, -0.15) is 5.10 Å². The minimum absolute atomic E-state index is 0.157. The molecular weight excluding hydrogens is 602 g/mol. The van der Waals surface area contributed by atoms with Crippen LogP contribution in [-0.4, -0.2) is 77.9 Å². The maximum atomic E-state index is 14.0. The van der Waals surface area contributed by atoms with Crippen LogP contribution in [0.4, 0.5) is 0 Å². The predicted molar refractivity (Wildman–Crippen MR) is 187 cm³/mol. The number of carbonyl (C=O) groups is 2. The Morgan fingerprint density at radius 2 is 1.69 bits per heavy atom. The molecule has 0 unspecified atom stereocenters. The van der Waals surface area contributed by atoms with Crippen molar-refractivity contribution >= 4 is 11.7 Å². The number of nitrogens with one attached hydrogen (secondary N) is 1. The van der Waals surface area contributed by atoms with Gasteiger partial charge >= 0.3 is 0 Å². The minimum atomic E-state index is -0.187. The second-order valence-electron chi connectivity index (χ2n) is 13.2. The number of ether oxygens (including phenoxy) is 2. The zero-order valence-electron chi connectivity index (χ0n) is 28.4. The molecule has 1 aliphatic carbocycles. The highest BCUT2D eigenvalue weighted by Gasteiger charge is 2.35. The summed E-state index contributed by atoms with van der Waals surface area (Å²) in [6, 6.07) is 22.4. The fourth-order valence-electron chi connectivity index (χ4n) is 7.41. The molecule has 0 bridgehead atoms. The molecule has 48 heavy (non-hydrogen) atoms. The molecule has 1 amide bonds. The third-order valence-electron chi connectivity index (χ3n) is 9.96. The first-order valence-electron chi connectivity index (χ1n) is 17.2. The van der Waals surface area contributed by atoms with Gasteiger partial charge in [-0.3, -0.25) is 9.59 Å². The molecule has 2 aromatic heterocycles. The standard InChI is InChI=1S/C39H47N5O4/c1-27-36(23-33(45)21-30-25-43(19-20-47-2)26-35(30)28-13-7-4-8-14-28)44(32-17-11-6-12-18-32)42-37(27)29-22-34(39(48-3)40-24-29)38(46)41-31-15-9-5-10-16-31/h4,6-8,11-14,17-18,22,24,30-31,35H,5,9-10,15-16,19-21,23,25-26H2,1-3H3,(H,41,46)/t30-,35+/m1/s1. The Morgan fingerprint density at radius 1 is 0.958 bits per heavy atom. The van der Waals surface area contributed by atoms with Gasteiger partial charge in [0, 0.05) is 63.3 Å². The first-order valence-corrected chi connectivity index (χ1v) is 17.2. The summed E-state index contributed by atoms with van der Waals surface area (Å²) in [7, 11) is 3.26. The quantitative estimate of drug-likeness (QED) is 0.185. The van der Waals surface area contributed by atoms with Crippen LogP contribution in [0, 0.1) is 12.8 Å². The highest BCUT2D eigenvalue weighted by molar-refractivity contribution is 5.97. The number of hydrogen-bond acceptors (Lipinski definition) is 7. The highest BCUT2D eigenvalue weighted by atomic mass is 16.5. The molecule has 4 aromatic rings. The summed E-state index contributed by atoms with van der Waals surface area (Å²) in [5.41, 5.74) is 5.68. The number of nitrogens with zero attached hydrogens (tertiary/aromatic N) is 4. The van der Waals surface area contributed by atoms with E-state index >= 15 is 0 Å². The lowest BCUT2D eigenvalue weighted by Gasteiger charge is -2.23. The van der Waals surface area contributed by atoms with E-state index in [1.54, 1.807) is 13.3 Å². The Labute approximate surface area is 283 Å². The Kier molecular flexibility index (Phi) is 11.0. The number of para-hydroxylation sites is 1. The number of aromatic nitrogens is 3. The Bertz CT molecular complexity index is 1680. The first-order chi connectivity index (χ1) is 23.4. The Balaban J connectivity index is 1.28. The number of likely N-dealkylation sites (tertiary alicyclic amines) is 1. The second kappa shape index (κ2) is 15.7. The molecule has 1 saturated heterocycles. The number of ketones is 1. The van der Waals surface area contributed by atoms with E-state index in [1.165, 1.54) is 19.1 Å². The highest BCUT2D eigenvalue weighted by Crippen LogP contribution is 2.36. The van der Waals surface area contributed by atoms with Gasteiger partial charge in [-0.1, -0.05) is 67.8 Å². The van der Waals surface area contributed by atoms with Crippen molar-refractivity contribution in [2.45, 2.75) is 63.8 Å². The molecule has 2 atom stereocenters. The van der Waals surface area contributed by atoms with E-state index in [1.807, 2.05) is 54.1 Å². The molecule has 0 radical (unpaired) electrons. The van der Waals surface area contributed by atoms with Crippen LogP contribution >= 0.6 is 0 Å². The van der Waals surface area contributed by atoms with E-state index in [4.69, 9.17) is 14.6 Å². The SMILES string of the molecule is COCCN1C[C@@H](CC(=O)Cc2c(C)c(-c3cnc(OC)c(C(=O)NC4CCCCC4)c3)nn2-c2ccccc2)[C@H](c2ccccc2)C1. The summed E-state index contributed by atoms with van der Waals surface area (Å²) in [5, 5.41) is 8.24. The molecule has 2 aliphatic rings. The average Bonchev–Trinajstić information content (AvgIpc) is 3.68. The van der Waals surface area contributed by atoms with Crippen LogP contribution in [0.25, 0.3) is 16.9 Å². The van der Waals surface area contributed by atoms with Crippen molar-refractivity contribution in [1.82, 2.24) is 25.0 Å².